The van der Waals surface area contributed by atoms with Gasteiger partial charge in [-0.05, 0) is 88.9 Å². The Morgan fingerprint density at radius 3 is 2.08 bits per heavy atom. The van der Waals surface area contributed by atoms with Gasteiger partial charge in [-0.2, -0.15) is 9.97 Å². The lowest BCUT2D eigenvalue weighted by Gasteiger charge is -2.35. The summed E-state index contributed by atoms with van der Waals surface area (Å²) in [5, 5.41) is 10.8. The zero-order chi connectivity index (χ0) is 28.2. The van der Waals surface area contributed by atoms with Gasteiger partial charge in [0.1, 0.15) is 11.6 Å². The molecule has 40 heavy (non-hydrogen) atoms. The summed E-state index contributed by atoms with van der Waals surface area (Å²) < 4.78 is 11.2. The minimum absolute atomic E-state index is 0.0992. The van der Waals surface area contributed by atoms with Crippen LogP contribution in [-0.2, 0) is 4.57 Å². The van der Waals surface area contributed by atoms with E-state index < -0.39 is 7.60 Å². The first kappa shape index (κ1) is 31.4. The monoisotopic (exact) mass is 580 g/mol. The maximum absolute atomic E-state index is 11.2. The molecular formula is C28H53N8O3P. The van der Waals surface area contributed by atoms with Crippen LogP contribution < -0.4 is 26.6 Å². The summed E-state index contributed by atoms with van der Waals surface area (Å²) in [7, 11) is -3.96. The first-order valence-electron chi connectivity index (χ1n) is 15.7. The van der Waals surface area contributed by atoms with Gasteiger partial charge in [0.25, 0.3) is 0 Å². The van der Waals surface area contributed by atoms with E-state index >= 15 is 0 Å². The minimum atomic E-state index is -3.96. The van der Waals surface area contributed by atoms with Crippen LogP contribution in [0.5, 0.6) is 0 Å². The molecule has 0 aromatic carbocycles. The van der Waals surface area contributed by atoms with E-state index in [4.69, 9.17) is 20.5 Å². The normalized spacial score (nSPS) is 23.4. The molecule has 12 heteroatoms. The Labute approximate surface area is 240 Å². The average molecular weight is 581 g/mol. The maximum atomic E-state index is 11.2. The number of nitrogens with zero attached hydrogens (tertiary/aromatic N) is 4. The van der Waals surface area contributed by atoms with E-state index in [0.717, 1.165) is 70.0 Å². The van der Waals surface area contributed by atoms with Crippen molar-refractivity contribution in [2.45, 2.75) is 64.2 Å². The molecular weight excluding hydrogens is 527 g/mol. The van der Waals surface area contributed by atoms with Gasteiger partial charge in [-0.3, -0.25) is 9.46 Å². The molecule has 2 saturated carbocycles. The Bertz CT molecular complexity index is 913. The van der Waals surface area contributed by atoms with Gasteiger partial charge in [-0.15, -0.1) is 0 Å². The highest BCUT2D eigenvalue weighted by Crippen LogP contribution is 2.34. The molecule has 0 amide bonds. The number of nitrogens with two attached hydrogens (primary N) is 1. The quantitative estimate of drug-likeness (QED) is 0.134. The SMILES string of the molecule is Nc1cc(N2CCN(CCP(=O)(O)O)CC2)nc(NC[C@H]2CC[C@H](CNCCCNCC3CCCCC3)CC2)n1. The van der Waals surface area contributed by atoms with Gasteiger partial charge < -0.3 is 36.4 Å². The zero-order valence-corrected chi connectivity index (χ0v) is 25.2. The van der Waals surface area contributed by atoms with Crippen LogP contribution >= 0.6 is 7.60 Å². The number of anilines is 3. The molecule has 1 aromatic rings. The fraction of sp³-hybridized carbons (Fsp3) is 0.857. The maximum Gasteiger partial charge on any atom is 0.326 e. The number of aromatic nitrogens is 2. The first-order valence-corrected chi connectivity index (χ1v) is 17.5. The molecule has 0 radical (unpaired) electrons. The smallest absolute Gasteiger partial charge is 0.326 e. The Morgan fingerprint density at radius 1 is 0.850 bits per heavy atom. The van der Waals surface area contributed by atoms with E-state index in [9.17, 15) is 4.57 Å². The van der Waals surface area contributed by atoms with Crippen molar-refractivity contribution in [2.75, 3.05) is 87.6 Å². The van der Waals surface area contributed by atoms with E-state index in [-0.39, 0.29) is 6.16 Å². The van der Waals surface area contributed by atoms with Crippen LogP contribution in [0.4, 0.5) is 17.6 Å². The highest BCUT2D eigenvalue weighted by atomic mass is 31.2. The molecule has 1 aromatic heterocycles. The number of nitrogen functional groups attached to an aromatic ring is 1. The van der Waals surface area contributed by atoms with Crippen molar-refractivity contribution in [3.8, 4) is 0 Å². The second-order valence-corrected chi connectivity index (χ2v) is 14.0. The molecule has 3 fully saturated rings. The Kier molecular flexibility index (Phi) is 12.8. The van der Waals surface area contributed by atoms with Crippen LogP contribution in [0.3, 0.4) is 0 Å². The number of piperazine rings is 1. The number of rotatable bonds is 15. The van der Waals surface area contributed by atoms with Crippen molar-refractivity contribution in [3.63, 3.8) is 0 Å². The lowest BCUT2D eigenvalue weighted by molar-refractivity contribution is 0.263. The molecule has 4 rings (SSSR count). The third kappa shape index (κ3) is 11.4. The van der Waals surface area contributed by atoms with Gasteiger partial charge in [-0.25, -0.2) is 0 Å². The summed E-state index contributed by atoms with van der Waals surface area (Å²) in [6.45, 7) is 8.82. The molecule has 2 aliphatic carbocycles. The number of hydrogen-bond acceptors (Lipinski definition) is 9. The Morgan fingerprint density at radius 2 is 1.45 bits per heavy atom. The van der Waals surface area contributed by atoms with E-state index in [1.165, 1.54) is 70.8 Å². The average Bonchev–Trinajstić information content (AvgIpc) is 2.95. The van der Waals surface area contributed by atoms with Crippen LogP contribution in [-0.4, -0.2) is 96.3 Å². The molecule has 11 nitrogen and oxygen atoms in total. The second kappa shape index (κ2) is 16.2. The van der Waals surface area contributed by atoms with E-state index in [2.05, 4.69) is 30.7 Å². The Hall–Kier alpha value is -1.49. The molecule has 0 unspecified atom stereocenters. The van der Waals surface area contributed by atoms with Crippen LogP contribution in [0.15, 0.2) is 6.07 Å². The predicted molar refractivity (Wildman–Crippen MR) is 163 cm³/mol. The fourth-order valence-corrected chi connectivity index (χ4v) is 6.93. The molecule has 1 saturated heterocycles. The van der Waals surface area contributed by atoms with Crippen LogP contribution in [0.2, 0.25) is 0 Å². The Balaban J connectivity index is 1.07. The molecule has 0 atom stereocenters. The van der Waals surface area contributed by atoms with E-state index in [1.54, 1.807) is 0 Å². The van der Waals surface area contributed by atoms with E-state index in [1.807, 2.05) is 6.07 Å². The fourth-order valence-electron chi connectivity index (χ4n) is 6.38. The number of nitrogens with one attached hydrogen (secondary N) is 3. The van der Waals surface area contributed by atoms with Gasteiger partial charge in [0, 0.05) is 45.3 Å². The van der Waals surface area contributed by atoms with Gasteiger partial charge in [0.2, 0.25) is 5.95 Å². The summed E-state index contributed by atoms with van der Waals surface area (Å²) in [5.41, 5.74) is 6.11. The third-order valence-electron chi connectivity index (χ3n) is 8.95. The van der Waals surface area contributed by atoms with Crippen LogP contribution in [0, 0.1) is 17.8 Å². The van der Waals surface area contributed by atoms with Crippen molar-refractivity contribution in [1.82, 2.24) is 25.5 Å². The van der Waals surface area contributed by atoms with Crippen molar-refractivity contribution < 1.29 is 14.4 Å². The molecule has 0 bridgehead atoms. The minimum Gasteiger partial charge on any atom is -0.383 e. The first-order chi connectivity index (χ1) is 19.3. The van der Waals surface area contributed by atoms with Crippen molar-refractivity contribution in [2.24, 2.45) is 17.8 Å². The molecule has 2 heterocycles. The summed E-state index contributed by atoms with van der Waals surface area (Å²) in [6, 6.07) is 1.81. The summed E-state index contributed by atoms with van der Waals surface area (Å²) in [5.74, 6) is 4.17. The summed E-state index contributed by atoms with van der Waals surface area (Å²) in [6.07, 6.45) is 13.2. The summed E-state index contributed by atoms with van der Waals surface area (Å²) >= 11 is 0. The van der Waals surface area contributed by atoms with Crippen LogP contribution in [0.25, 0.3) is 0 Å². The molecule has 228 valence electrons. The highest BCUT2D eigenvalue weighted by Gasteiger charge is 2.23. The van der Waals surface area contributed by atoms with Gasteiger partial charge in [0.15, 0.2) is 0 Å². The van der Waals surface area contributed by atoms with Crippen molar-refractivity contribution in [1.29, 1.82) is 0 Å². The predicted octanol–water partition coefficient (Wildman–Crippen LogP) is 2.73. The summed E-state index contributed by atoms with van der Waals surface area (Å²) in [4.78, 5) is 31.7. The molecule has 0 spiro atoms. The highest BCUT2D eigenvalue weighted by molar-refractivity contribution is 7.51. The zero-order valence-electron chi connectivity index (χ0n) is 24.3. The van der Waals surface area contributed by atoms with E-state index in [0.29, 0.717) is 24.2 Å². The second-order valence-electron chi connectivity index (χ2n) is 12.2. The van der Waals surface area contributed by atoms with Crippen LogP contribution in [0.1, 0.15) is 64.2 Å². The number of hydrogen-bond donors (Lipinski definition) is 6. The molecule has 1 aliphatic heterocycles. The van der Waals surface area contributed by atoms with Crippen molar-refractivity contribution in [3.05, 3.63) is 6.07 Å². The van der Waals surface area contributed by atoms with Crippen molar-refractivity contribution >= 4 is 25.2 Å². The van der Waals surface area contributed by atoms with Gasteiger partial charge in [-0.1, -0.05) is 19.3 Å². The lowest BCUT2D eigenvalue weighted by Crippen LogP contribution is -2.47. The third-order valence-corrected chi connectivity index (χ3v) is 9.73. The van der Waals surface area contributed by atoms with Gasteiger partial charge in [0.05, 0.1) is 6.16 Å². The topological polar surface area (TPSA) is 152 Å². The largest absolute Gasteiger partial charge is 0.383 e. The standard InChI is InChI=1S/C28H53N8O3P/c29-26-19-27(36-15-13-35(14-16-36)17-18-40(37,38)39)34-28(33-26)32-22-25-9-7-24(8-10-25)21-31-12-4-11-30-20-23-5-2-1-3-6-23/h19,23-25,30-31H,1-18,20-22H2,(H2,37,38,39)(H3,29,32,33,34)/t24-,25-. The molecule has 7 N–H and O–H groups in total. The lowest BCUT2D eigenvalue weighted by atomic mass is 9.82. The molecule has 3 aliphatic rings. The van der Waals surface area contributed by atoms with Gasteiger partial charge >= 0.3 is 7.60 Å².